The first-order chi connectivity index (χ1) is 12.5. The summed E-state index contributed by atoms with van der Waals surface area (Å²) in [5.74, 6) is -5.20. The van der Waals surface area contributed by atoms with E-state index in [1.165, 1.54) is 18.5 Å². The minimum atomic E-state index is -1.66. The number of nitrogens with zero attached hydrogens (tertiary/aromatic N) is 1. The molecule has 0 radical (unpaired) electrons. The quantitative estimate of drug-likeness (QED) is 0.618. The largest absolute Gasteiger partial charge is 0.353 e. The van der Waals surface area contributed by atoms with Crippen LogP contribution in [0.1, 0.15) is 10.4 Å². The van der Waals surface area contributed by atoms with Crippen molar-refractivity contribution in [3.63, 3.8) is 0 Å². The fraction of sp³-hybridized carbons (Fsp3) is 0. The van der Waals surface area contributed by atoms with Crippen molar-refractivity contribution in [2.75, 3.05) is 10.6 Å². The standard InChI is InChI=1S/C18H11ClF3N3O/c19-12-3-1-2-4-14(12)24-11-7-10(8-23-9-11)18(26)25-15-6-5-13(20)16(21)17(15)22/h1-9,24H,(H,25,26). The maximum atomic E-state index is 13.7. The fourth-order valence-electron chi connectivity index (χ4n) is 2.17. The van der Waals surface area contributed by atoms with Gasteiger partial charge in [-0.05, 0) is 30.3 Å². The van der Waals surface area contributed by atoms with E-state index < -0.39 is 29.0 Å². The number of halogens is 4. The molecule has 1 heterocycles. The number of pyridine rings is 1. The molecule has 132 valence electrons. The number of hydrogen-bond donors (Lipinski definition) is 2. The third kappa shape index (κ3) is 3.78. The number of aromatic nitrogens is 1. The molecule has 0 saturated heterocycles. The van der Waals surface area contributed by atoms with Gasteiger partial charge in [-0.3, -0.25) is 9.78 Å². The van der Waals surface area contributed by atoms with Gasteiger partial charge in [0, 0.05) is 6.20 Å². The monoisotopic (exact) mass is 377 g/mol. The number of hydrogen-bond acceptors (Lipinski definition) is 3. The summed E-state index contributed by atoms with van der Waals surface area (Å²) in [6, 6.07) is 10.1. The van der Waals surface area contributed by atoms with Crippen molar-refractivity contribution in [3.05, 3.63) is 82.9 Å². The molecule has 4 nitrogen and oxygen atoms in total. The highest BCUT2D eigenvalue weighted by atomic mass is 35.5. The van der Waals surface area contributed by atoms with Crippen molar-refractivity contribution in [3.8, 4) is 0 Å². The molecule has 8 heteroatoms. The lowest BCUT2D eigenvalue weighted by Gasteiger charge is -2.10. The molecule has 0 aliphatic heterocycles. The Balaban J connectivity index is 1.81. The lowest BCUT2D eigenvalue weighted by atomic mass is 10.2. The fourth-order valence-corrected chi connectivity index (χ4v) is 2.35. The lowest BCUT2D eigenvalue weighted by Crippen LogP contribution is -2.14. The topological polar surface area (TPSA) is 54.0 Å². The minimum absolute atomic E-state index is 0.0891. The van der Waals surface area contributed by atoms with Gasteiger partial charge in [-0.25, -0.2) is 13.2 Å². The number of benzene rings is 2. The number of carbonyl (C=O) groups is 1. The maximum Gasteiger partial charge on any atom is 0.257 e. The molecule has 0 fully saturated rings. The molecule has 0 atom stereocenters. The highest BCUT2D eigenvalue weighted by Crippen LogP contribution is 2.25. The highest BCUT2D eigenvalue weighted by Gasteiger charge is 2.16. The van der Waals surface area contributed by atoms with Crippen molar-refractivity contribution in [1.29, 1.82) is 0 Å². The van der Waals surface area contributed by atoms with E-state index in [-0.39, 0.29) is 5.56 Å². The van der Waals surface area contributed by atoms with Gasteiger partial charge in [-0.2, -0.15) is 0 Å². The van der Waals surface area contributed by atoms with Crippen molar-refractivity contribution in [2.24, 2.45) is 0 Å². The van der Waals surface area contributed by atoms with E-state index in [1.807, 2.05) is 0 Å². The Bertz CT molecular complexity index is 982. The molecule has 2 N–H and O–H groups in total. The molecule has 0 bridgehead atoms. The minimum Gasteiger partial charge on any atom is -0.353 e. The van der Waals surface area contributed by atoms with E-state index in [0.717, 1.165) is 12.1 Å². The molecule has 1 amide bonds. The molecule has 2 aromatic carbocycles. The average molecular weight is 378 g/mol. The van der Waals surface area contributed by atoms with Crippen LogP contribution < -0.4 is 10.6 Å². The highest BCUT2D eigenvalue weighted by molar-refractivity contribution is 6.33. The summed E-state index contributed by atoms with van der Waals surface area (Å²) in [6.07, 6.45) is 2.73. The second kappa shape index (κ2) is 7.45. The van der Waals surface area contributed by atoms with Gasteiger partial charge in [-0.1, -0.05) is 23.7 Å². The van der Waals surface area contributed by atoms with Crippen LogP contribution in [0.25, 0.3) is 0 Å². The third-order valence-corrected chi connectivity index (χ3v) is 3.77. The van der Waals surface area contributed by atoms with E-state index >= 15 is 0 Å². The van der Waals surface area contributed by atoms with Gasteiger partial charge in [0.2, 0.25) is 0 Å². The number of nitrogens with one attached hydrogen (secondary N) is 2. The van der Waals surface area contributed by atoms with Crippen LogP contribution in [-0.4, -0.2) is 10.9 Å². The van der Waals surface area contributed by atoms with Crippen molar-refractivity contribution >= 4 is 34.6 Å². The van der Waals surface area contributed by atoms with E-state index in [2.05, 4.69) is 15.6 Å². The molecule has 0 saturated carbocycles. The molecule has 0 aliphatic carbocycles. The van der Waals surface area contributed by atoms with E-state index in [4.69, 9.17) is 11.6 Å². The van der Waals surface area contributed by atoms with Crippen molar-refractivity contribution < 1.29 is 18.0 Å². The second-order valence-corrected chi connectivity index (χ2v) is 5.65. The molecule has 26 heavy (non-hydrogen) atoms. The first kappa shape index (κ1) is 17.8. The summed E-state index contributed by atoms with van der Waals surface area (Å²) >= 11 is 6.06. The van der Waals surface area contributed by atoms with E-state index in [9.17, 15) is 18.0 Å². The Hall–Kier alpha value is -3.06. The molecule has 0 spiro atoms. The zero-order valence-electron chi connectivity index (χ0n) is 13.1. The summed E-state index contributed by atoms with van der Waals surface area (Å²) < 4.78 is 39.9. The Morgan fingerprint density at radius 1 is 0.962 bits per heavy atom. The van der Waals surface area contributed by atoms with Gasteiger partial charge >= 0.3 is 0 Å². The van der Waals surface area contributed by atoms with Crippen molar-refractivity contribution in [1.82, 2.24) is 4.98 Å². The molecular formula is C18H11ClF3N3O. The predicted molar refractivity (Wildman–Crippen MR) is 93.2 cm³/mol. The molecule has 0 unspecified atom stereocenters. The second-order valence-electron chi connectivity index (χ2n) is 5.24. The van der Waals surface area contributed by atoms with Crippen LogP contribution in [-0.2, 0) is 0 Å². The van der Waals surface area contributed by atoms with Crippen LogP contribution in [0.3, 0.4) is 0 Å². The first-order valence-electron chi connectivity index (χ1n) is 7.37. The molecule has 1 aromatic heterocycles. The van der Waals surface area contributed by atoms with Gasteiger partial charge in [0.25, 0.3) is 5.91 Å². The van der Waals surface area contributed by atoms with Gasteiger partial charge in [0.05, 0.1) is 33.8 Å². The third-order valence-electron chi connectivity index (χ3n) is 3.44. The van der Waals surface area contributed by atoms with Crippen LogP contribution >= 0.6 is 11.6 Å². The summed E-state index contributed by atoms with van der Waals surface area (Å²) in [5.41, 5.74) is 0.696. The van der Waals surface area contributed by atoms with Gasteiger partial charge in [0.15, 0.2) is 17.5 Å². The average Bonchev–Trinajstić information content (AvgIpc) is 2.64. The SMILES string of the molecule is O=C(Nc1ccc(F)c(F)c1F)c1cncc(Nc2ccccc2Cl)c1. The molecule has 3 aromatic rings. The van der Waals surface area contributed by atoms with Gasteiger partial charge in [-0.15, -0.1) is 0 Å². The normalized spacial score (nSPS) is 10.5. The van der Waals surface area contributed by atoms with Crippen molar-refractivity contribution in [2.45, 2.75) is 0 Å². The molecular weight excluding hydrogens is 367 g/mol. The van der Waals surface area contributed by atoms with Gasteiger partial charge < -0.3 is 10.6 Å². The Labute approximate surface area is 151 Å². The summed E-state index contributed by atoms with van der Waals surface area (Å²) in [7, 11) is 0. The number of anilines is 3. The van der Waals surface area contributed by atoms with E-state index in [1.54, 1.807) is 24.3 Å². The summed E-state index contributed by atoms with van der Waals surface area (Å²) in [4.78, 5) is 16.2. The zero-order valence-corrected chi connectivity index (χ0v) is 13.8. The predicted octanol–water partition coefficient (Wildman–Crippen LogP) is 5.15. The Morgan fingerprint density at radius 2 is 1.73 bits per heavy atom. The molecule has 3 rings (SSSR count). The van der Waals surface area contributed by atoms with Crippen LogP contribution in [0, 0.1) is 17.5 Å². The number of para-hydroxylation sites is 1. The zero-order chi connectivity index (χ0) is 18.7. The number of amides is 1. The van der Waals surface area contributed by atoms with Crippen LogP contribution in [0.4, 0.5) is 30.2 Å². The summed E-state index contributed by atoms with van der Waals surface area (Å²) in [5, 5.41) is 5.66. The smallest absolute Gasteiger partial charge is 0.257 e. The van der Waals surface area contributed by atoms with Crippen LogP contribution in [0.5, 0.6) is 0 Å². The maximum absolute atomic E-state index is 13.7. The van der Waals surface area contributed by atoms with Crippen LogP contribution in [0.15, 0.2) is 54.9 Å². The molecule has 0 aliphatic rings. The first-order valence-corrected chi connectivity index (χ1v) is 7.75. The van der Waals surface area contributed by atoms with Crippen LogP contribution in [0.2, 0.25) is 5.02 Å². The lowest BCUT2D eigenvalue weighted by molar-refractivity contribution is 0.102. The number of rotatable bonds is 4. The van der Waals surface area contributed by atoms with Gasteiger partial charge in [0.1, 0.15) is 0 Å². The van der Waals surface area contributed by atoms with E-state index in [0.29, 0.717) is 16.4 Å². The number of carbonyl (C=O) groups excluding carboxylic acids is 1. The Kier molecular flexibility index (Phi) is 5.09. The Morgan fingerprint density at radius 3 is 2.50 bits per heavy atom. The summed E-state index contributed by atoms with van der Waals surface area (Å²) in [6.45, 7) is 0.